The Hall–Kier alpha value is -3.34. The van der Waals surface area contributed by atoms with Gasteiger partial charge in [0, 0.05) is 36.4 Å². The standard InChI is InChI=1S/C22H23N5/c1-16-6-8-17(9-7-16)14-26-22-24-13-11-21(27-22)23-12-10-18-15-25-20-5-3-2-4-19(18)20/h2-9,11,13,15,25H,10,12,14H2,1H3,(H2,23,24,26,27). The monoisotopic (exact) mass is 357 g/mol. The van der Waals surface area contributed by atoms with E-state index in [9.17, 15) is 0 Å². The molecule has 0 saturated heterocycles. The Morgan fingerprint density at radius 2 is 1.81 bits per heavy atom. The molecule has 27 heavy (non-hydrogen) atoms. The SMILES string of the molecule is Cc1ccc(CNc2nccc(NCCc3c[nH]c4ccccc34)n2)cc1. The van der Waals surface area contributed by atoms with Gasteiger partial charge in [0.15, 0.2) is 0 Å². The number of anilines is 2. The highest BCUT2D eigenvalue weighted by Gasteiger charge is 2.03. The third-order valence-electron chi connectivity index (χ3n) is 4.60. The van der Waals surface area contributed by atoms with Gasteiger partial charge in [-0.1, -0.05) is 48.0 Å². The minimum absolute atomic E-state index is 0.632. The van der Waals surface area contributed by atoms with Crippen LogP contribution < -0.4 is 10.6 Å². The molecular weight excluding hydrogens is 334 g/mol. The van der Waals surface area contributed by atoms with Crippen LogP contribution in [0.25, 0.3) is 10.9 Å². The van der Waals surface area contributed by atoms with E-state index in [1.165, 1.54) is 27.6 Å². The molecule has 0 unspecified atom stereocenters. The quantitative estimate of drug-likeness (QED) is 0.454. The minimum Gasteiger partial charge on any atom is -0.370 e. The van der Waals surface area contributed by atoms with Gasteiger partial charge in [-0.2, -0.15) is 4.98 Å². The Morgan fingerprint density at radius 1 is 0.963 bits per heavy atom. The summed E-state index contributed by atoms with van der Waals surface area (Å²) in [6.07, 6.45) is 4.79. The lowest BCUT2D eigenvalue weighted by Crippen LogP contribution is -2.09. The van der Waals surface area contributed by atoms with E-state index >= 15 is 0 Å². The molecule has 0 atom stereocenters. The molecular formula is C22H23N5. The number of aromatic nitrogens is 3. The van der Waals surface area contributed by atoms with Gasteiger partial charge in [0.1, 0.15) is 5.82 Å². The van der Waals surface area contributed by atoms with Gasteiger partial charge in [-0.15, -0.1) is 0 Å². The second-order valence-corrected chi connectivity index (χ2v) is 6.64. The summed E-state index contributed by atoms with van der Waals surface area (Å²) in [6.45, 7) is 3.61. The number of hydrogen-bond acceptors (Lipinski definition) is 4. The van der Waals surface area contributed by atoms with E-state index < -0.39 is 0 Å². The number of nitrogens with one attached hydrogen (secondary N) is 3. The highest BCUT2D eigenvalue weighted by Crippen LogP contribution is 2.18. The van der Waals surface area contributed by atoms with Crippen molar-refractivity contribution in [3.8, 4) is 0 Å². The van der Waals surface area contributed by atoms with Crippen LogP contribution in [0, 0.1) is 6.92 Å². The number of H-pyrrole nitrogens is 1. The maximum absolute atomic E-state index is 4.55. The summed E-state index contributed by atoms with van der Waals surface area (Å²) in [5, 5.41) is 7.95. The average Bonchev–Trinajstić information content (AvgIpc) is 3.11. The van der Waals surface area contributed by atoms with E-state index in [4.69, 9.17) is 0 Å². The molecule has 0 radical (unpaired) electrons. The molecule has 0 aliphatic heterocycles. The number of fused-ring (bicyclic) bond motifs is 1. The van der Waals surface area contributed by atoms with Crippen LogP contribution in [-0.2, 0) is 13.0 Å². The number of nitrogens with zero attached hydrogens (tertiary/aromatic N) is 2. The molecule has 4 rings (SSSR count). The number of aromatic amines is 1. The summed E-state index contributed by atoms with van der Waals surface area (Å²) in [7, 11) is 0. The Balaban J connectivity index is 1.33. The number of rotatable bonds is 7. The molecule has 0 amide bonds. The summed E-state index contributed by atoms with van der Waals surface area (Å²) in [6, 6.07) is 18.7. The van der Waals surface area contributed by atoms with E-state index in [0.717, 1.165) is 18.8 Å². The molecule has 0 spiro atoms. The van der Waals surface area contributed by atoms with Crippen molar-refractivity contribution in [2.75, 3.05) is 17.2 Å². The average molecular weight is 357 g/mol. The smallest absolute Gasteiger partial charge is 0.224 e. The van der Waals surface area contributed by atoms with Gasteiger partial charge in [0.05, 0.1) is 0 Å². The lowest BCUT2D eigenvalue weighted by Gasteiger charge is -2.08. The molecule has 0 aliphatic carbocycles. The van der Waals surface area contributed by atoms with Gasteiger partial charge in [-0.3, -0.25) is 0 Å². The maximum atomic E-state index is 4.55. The molecule has 2 heterocycles. The van der Waals surface area contributed by atoms with Crippen LogP contribution in [0.3, 0.4) is 0 Å². The van der Waals surface area contributed by atoms with E-state index in [-0.39, 0.29) is 0 Å². The third-order valence-corrected chi connectivity index (χ3v) is 4.60. The first-order valence-corrected chi connectivity index (χ1v) is 9.19. The number of hydrogen-bond donors (Lipinski definition) is 3. The third kappa shape index (κ3) is 4.26. The lowest BCUT2D eigenvalue weighted by atomic mass is 10.1. The highest BCUT2D eigenvalue weighted by atomic mass is 15.1. The van der Waals surface area contributed by atoms with Gasteiger partial charge in [0.2, 0.25) is 5.95 Å². The molecule has 4 aromatic rings. The number of aryl methyl sites for hydroxylation is 1. The van der Waals surface area contributed by atoms with E-state index in [1.54, 1.807) is 6.20 Å². The van der Waals surface area contributed by atoms with E-state index in [0.29, 0.717) is 12.5 Å². The Labute approximate surface area is 158 Å². The van der Waals surface area contributed by atoms with Crippen LogP contribution in [0.4, 0.5) is 11.8 Å². The van der Waals surface area contributed by atoms with Crippen molar-refractivity contribution >= 4 is 22.7 Å². The van der Waals surface area contributed by atoms with Gasteiger partial charge < -0.3 is 15.6 Å². The Morgan fingerprint density at radius 3 is 2.70 bits per heavy atom. The van der Waals surface area contributed by atoms with Crippen molar-refractivity contribution < 1.29 is 0 Å². The van der Waals surface area contributed by atoms with Crippen LogP contribution in [0.5, 0.6) is 0 Å². The molecule has 2 aromatic carbocycles. The van der Waals surface area contributed by atoms with E-state index in [2.05, 4.69) is 81.2 Å². The topological polar surface area (TPSA) is 65.6 Å². The summed E-state index contributed by atoms with van der Waals surface area (Å²) in [5.74, 6) is 1.46. The first kappa shape index (κ1) is 17.1. The molecule has 0 aliphatic rings. The van der Waals surface area contributed by atoms with Crippen LogP contribution in [0.2, 0.25) is 0 Å². The normalized spacial score (nSPS) is 10.9. The summed E-state index contributed by atoms with van der Waals surface area (Å²) >= 11 is 0. The highest BCUT2D eigenvalue weighted by molar-refractivity contribution is 5.83. The second-order valence-electron chi connectivity index (χ2n) is 6.64. The fourth-order valence-electron chi connectivity index (χ4n) is 3.09. The Kier molecular flexibility index (Phi) is 5.01. The van der Waals surface area contributed by atoms with Crippen molar-refractivity contribution in [2.45, 2.75) is 19.9 Å². The minimum atomic E-state index is 0.632. The van der Waals surface area contributed by atoms with Crippen molar-refractivity contribution in [3.63, 3.8) is 0 Å². The van der Waals surface area contributed by atoms with Crippen LogP contribution >= 0.6 is 0 Å². The first-order chi connectivity index (χ1) is 13.3. The first-order valence-electron chi connectivity index (χ1n) is 9.19. The largest absolute Gasteiger partial charge is 0.370 e. The van der Waals surface area contributed by atoms with Crippen molar-refractivity contribution in [2.24, 2.45) is 0 Å². The zero-order valence-electron chi connectivity index (χ0n) is 15.4. The van der Waals surface area contributed by atoms with Gasteiger partial charge in [0.25, 0.3) is 0 Å². The van der Waals surface area contributed by atoms with Crippen molar-refractivity contribution in [1.29, 1.82) is 0 Å². The van der Waals surface area contributed by atoms with Crippen molar-refractivity contribution in [3.05, 3.63) is 83.7 Å². The van der Waals surface area contributed by atoms with Crippen LogP contribution in [0.15, 0.2) is 67.0 Å². The van der Waals surface area contributed by atoms with Crippen molar-refractivity contribution in [1.82, 2.24) is 15.0 Å². The lowest BCUT2D eigenvalue weighted by molar-refractivity contribution is 0.996. The zero-order chi connectivity index (χ0) is 18.5. The van der Waals surface area contributed by atoms with Crippen LogP contribution in [-0.4, -0.2) is 21.5 Å². The molecule has 5 heteroatoms. The van der Waals surface area contributed by atoms with Crippen LogP contribution in [0.1, 0.15) is 16.7 Å². The molecule has 136 valence electrons. The van der Waals surface area contributed by atoms with Gasteiger partial charge in [-0.25, -0.2) is 4.98 Å². The molecule has 5 nitrogen and oxygen atoms in total. The predicted molar refractivity (Wildman–Crippen MR) is 111 cm³/mol. The molecule has 0 saturated carbocycles. The summed E-state index contributed by atoms with van der Waals surface area (Å²) in [5.41, 5.74) is 4.96. The predicted octanol–water partition coefficient (Wildman–Crippen LogP) is 4.53. The fraction of sp³-hybridized carbons (Fsp3) is 0.182. The molecule has 0 fully saturated rings. The summed E-state index contributed by atoms with van der Waals surface area (Å²) in [4.78, 5) is 12.2. The zero-order valence-corrected chi connectivity index (χ0v) is 15.4. The molecule has 2 aromatic heterocycles. The number of benzene rings is 2. The molecule has 3 N–H and O–H groups in total. The Bertz CT molecular complexity index is 1020. The summed E-state index contributed by atoms with van der Waals surface area (Å²) < 4.78 is 0. The van der Waals surface area contributed by atoms with Gasteiger partial charge in [-0.05, 0) is 36.6 Å². The van der Waals surface area contributed by atoms with Gasteiger partial charge >= 0.3 is 0 Å². The second kappa shape index (κ2) is 7.91. The number of para-hydroxylation sites is 1. The fourth-order valence-corrected chi connectivity index (χ4v) is 3.09. The van der Waals surface area contributed by atoms with E-state index in [1.807, 2.05) is 12.1 Å². The maximum Gasteiger partial charge on any atom is 0.224 e. The molecule has 0 bridgehead atoms.